The van der Waals surface area contributed by atoms with E-state index in [1.54, 1.807) is 6.07 Å². The molecule has 150 valence electrons. The van der Waals surface area contributed by atoms with Crippen molar-refractivity contribution in [3.8, 4) is 0 Å². The lowest BCUT2D eigenvalue weighted by Crippen LogP contribution is -2.42. The monoisotopic (exact) mass is 412 g/mol. The first kappa shape index (κ1) is 20.6. The van der Waals surface area contributed by atoms with Crippen LogP contribution in [0.15, 0.2) is 23.1 Å². The maximum absolute atomic E-state index is 13.1. The summed E-state index contributed by atoms with van der Waals surface area (Å²) in [6.45, 7) is 8.76. The van der Waals surface area contributed by atoms with Crippen LogP contribution in [-0.2, 0) is 10.0 Å². The summed E-state index contributed by atoms with van der Waals surface area (Å²) < 4.78 is 27.8. The number of likely N-dealkylation sites (tertiary alicyclic amines) is 1. The number of hydrogen-bond donors (Lipinski definition) is 0. The molecule has 0 aliphatic carbocycles. The van der Waals surface area contributed by atoms with Gasteiger partial charge in [0.2, 0.25) is 10.0 Å². The first-order valence-electron chi connectivity index (χ1n) is 9.77. The number of sulfonamides is 1. The molecule has 1 aromatic carbocycles. The van der Waals surface area contributed by atoms with Crippen molar-refractivity contribution < 1.29 is 13.2 Å². The number of nitrogens with zero attached hydrogens (tertiary/aromatic N) is 2. The molecule has 2 fully saturated rings. The number of amides is 1. The van der Waals surface area contributed by atoms with E-state index in [-0.39, 0.29) is 15.8 Å². The summed E-state index contributed by atoms with van der Waals surface area (Å²) in [6.07, 6.45) is 2.99. The molecule has 2 saturated heterocycles. The van der Waals surface area contributed by atoms with E-state index in [1.165, 1.54) is 16.4 Å². The van der Waals surface area contributed by atoms with Crippen molar-refractivity contribution in [3.05, 3.63) is 28.8 Å². The molecule has 0 bridgehead atoms. The van der Waals surface area contributed by atoms with Gasteiger partial charge in [-0.05, 0) is 55.2 Å². The van der Waals surface area contributed by atoms with Gasteiger partial charge in [0.15, 0.2) is 0 Å². The van der Waals surface area contributed by atoms with Crippen molar-refractivity contribution in [1.29, 1.82) is 0 Å². The zero-order valence-electron chi connectivity index (χ0n) is 16.3. The molecular weight excluding hydrogens is 384 g/mol. The van der Waals surface area contributed by atoms with Gasteiger partial charge >= 0.3 is 0 Å². The molecule has 0 spiro atoms. The second kappa shape index (κ2) is 8.10. The van der Waals surface area contributed by atoms with E-state index in [0.717, 1.165) is 19.3 Å². The molecule has 0 aromatic heterocycles. The van der Waals surface area contributed by atoms with Gasteiger partial charge in [-0.1, -0.05) is 32.4 Å². The lowest BCUT2D eigenvalue weighted by molar-refractivity contribution is 0.0623. The number of halogens is 1. The van der Waals surface area contributed by atoms with E-state index < -0.39 is 10.0 Å². The summed E-state index contributed by atoms with van der Waals surface area (Å²) in [4.78, 5) is 14.9. The van der Waals surface area contributed by atoms with Gasteiger partial charge in [-0.25, -0.2) is 8.42 Å². The fraction of sp³-hybridized carbons (Fsp3) is 0.650. The summed E-state index contributed by atoms with van der Waals surface area (Å²) in [5, 5.41) is 0.171. The molecule has 3 rings (SSSR count). The van der Waals surface area contributed by atoms with Gasteiger partial charge in [0, 0.05) is 31.7 Å². The number of piperidine rings is 2. The van der Waals surface area contributed by atoms with Crippen LogP contribution >= 0.6 is 11.6 Å². The highest BCUT2D eigenvalue weighted by Gasteiger charge is 2.32. The molecule has 2 heterocycles. The Kier molecular flexibility index (Phi) is 6.18. The van der Waals surface area contributed by atoms with Crippen LogP contribution in [0.1, 0.15) is 50.4 Å². The van der Waals surface area contributed by atoms with Crippen molar-refractivity contribution in [2.75, 3.05) is 26.2 Å². The molecule has 27 heavy (non-hydrogen) atoms. The first-order chi connectivity index (χ1) is 12.7. The van der Waals surface area contributed by atoms with Gasteiger partial charge in [0.1, 0.15) is 4.90 Å². The van der Waals surface area contributed by atoms with Crippen molar-refractivity contribution >= 4 is 27.5 Å². The number of carbonyl (C=O) groups is 1. The topological polar surface area (TPSA) is 57.7 Å². The van der Waals surface area contributed by atoms with E-state index >= 15 is 0 Å². The largest absolute Gasteiger partial charge is 0.338 e. The fourth-order valence-corrected chi connectivity index (χ4v) is 6.45. The third-order valence-electron chi connectivity index (χ3n) is 5.57. The standard InChI is InChI=1S/C20H29ClN2O3S/c1-14-5-4-8-23(13-14)27(25,26)19-10-17(6-7-18(19)21)20(24)22-11-15(2)9-16(3)12-22/h6-7,10,14-16H,4-5,8-9,11-13H2,1-3H3. The zero-order valence-corrected chi connectivity index (χ0v) is 17.9. The Morgan fingerprint density at radius 1 is 1.07 bits per heavy atom. The first-order valence-corrected chi connectivity index (χ1v) is 11.6. The molecule has 3 unspecified atom stereocenters. The average molecular weight is 413 g/mol. The van der Waals surface area contributed by atoms with Crippen LogP contribution in [0.3, 0.4) is 0 Å². The Balaban J connectivity index is 1.89. The second-order valence-electron chi connectivity index (χ2n) is 8.41. The molecule has 0 saturated carbocycles. The van der Waals surface area contributed by atoms with Crippen LogP contribution in [-0.4, -0.2) is 49.7 Å². The summed E-state index contributed by atoms with van der Waals surface area (Å²) in [5.41, 5.74) is 0.393. The Morgan fingerprint density at radius 2 is 1.74 bits per heavy atom. The van der Waals surface area contributed by atoms with Gasteiger partial charge in [0.25, 0.3) is 5.91 Å². The molecule has 7 heteroatoms. The molecule has 0 N–H and O–H groups in total. The van der Waals surface area contributed by atoms with Crippen LogP contribution in [0.5, 0.6) is 0 Å². The van der Waals surface area contributed by atoms with Gasteiger partial charge in [-0.15, -0.1) is 0 Å². The molecule has 3 atom stereocenters. The summed E-state index contributed by atoms with van der Waals surface area (Å²) in [7, 11) is -3.70. The predicted molar refractivity (Wildman–Crippen MR) is 107 cm³/mol. The lowest BCUT2D eigenvalue weighted by Gasteiger charge is -2.35. The van der Waals surface area contributed by atoms with Gasteiger partial charge in [-0.2, -0.15) is 4.31 Å². The van der Waals surface area contributed by atoms with Gasteiger partial charge < -0.3 is 4.90 Å². The average Bonchev–Trinajstić information content (AvgIpc) is 2.60. The number of carbonyl (C=O) groups excluding carboxylic acids is 1. The number of hydrogen-bond acceptors (Lipinski definition) is 3. The molecule has 2 aliphatic rings. The molecule has 0 radical (unpaired) electrons. The third-order valence-corrected chi connectivity index (χ3v) is 7.92. The van der Waals surface area contributed by atoms with E-state index in [2.05, 4.69) is 20.8 Å². The molecule has 5 nitrogen and oxygen atoms in total. The zero-order chi connectivity index (χ0) is 19.8. The highest BCUT2D eigenvalue weighted by Crippen LogP contribution is 2.30. The quantitative estimate of drug-likeness (QED) is 0.756. The maximum Gasteiger partial charge on any atom is 0.253 e. The van der Waals surface area contributed by atoms with Crippen LogP contribution in [0, 0.1) is 17.8 Å². The lowest BCUT2D eigenvalue weighted by atomic mass is 9.91. The van der Waals surface area contributed by atoms with Crippen LogP contribution in [0.4, 0.5) is 0 Å². The number of rotatable bonds is 3. The van der Waals surface area contributed by atoms with Crippen molar-refractivity contribution in [2.24, 2.45) is 17.8 Å². The van der Waals surface area contributed by atoms with Crippen molar-refractivity contribution in [1.82, 2.24) is 9.21 Å². The summed E-state index contributed by atoms with van der Waals surface area (Å²) >= 11 is 6.24. The molecule has 2 aliphatic heterocycles. The van der Waals surface area contributed by atoms with E-state index in [4.69, 9.17) is 11.6 Å². The van der Waals surface area contributed by atoms with Crippen molar-refractivity contribution in [2.45, 2.75) is 44.9 Å². The Hall–Kier alpha value is -1.11. The maximum atomic E-state index is 13.1. The molecule has 1 aromatic rings. The Bertz CT molecular complexity index is 801. The normalized spacial score (nSPS) is 27.6. The van der Waals surface area contributed by atoms with Crippen molar-refractivity contribution in [3.63, 3.8) is 0 Å². The highest BCUT2D eigenvalue weighted by atomic mass is 35.5. The van der Waals surface area contributed by atoms with E-state index in [0.29, 0.717) is 49.5 Å². The van der Waals surface area contributed by atoms with Crippen LogP contribution < -0.4 is 0 Å². The number of benzene rings is 1. The minimum Gasteiger partial charge on any atom is -0.338 e. The van der Waals surface area contributed by atoms with Crippen LogP contribution in [0.2, 0.25) is 5.02 Å². The van der Waals surface area contributed by atoms with E-state index in [1.807, 2.05) is 4.90 Å². The SMILES string of the molecule is CC1CC(C)CN(C(=O)c2ccc(Cl)c(S(=O)(=O)N3CCCC(C)C3)c2)C1. The minimum atomic E-state index is -3.70. The smallest absolute Gasteiger partial charge is 0.253 e. The molecule has 1 amide bonds. The van der Waals surface area contributed by atoms with Gasteiger partial charge in [0.05, 0.1) is 5.02 Å². The highest BCUT2D eigenvalue weighted by molar-refractivity contribution is 7.89. The Morgan fingerprint density at radius 3 is 2.37 bits per heavy atom. The second-order valence-corrected chi connectivity index (χ2v) is 10.7. The van der Waals surface area contributed by atoms with Crippen LogP contribution in [0.25, 0.3) is 0 Å². The summed E-state index contributed by atoms with van der Waals surface area (Å²) in [6, 6.07) is 4.63. The Labute approximate surface area is 167 Å². The van der Waals surface area contributed by atoms with E-state index in [9.17, 15) is 13.2 Å². The van der Waals surface area contributed by atoms with Gasteiger partial charge in [-0.3, -0.25) is 4.79 Å². The summed E-state index contributed by atoms with van der Waals surface area (Å²) in [5.74, 6) is 1.10. The minimum absolute atomic E-state index is 0.0437. The fourth-order valence-electron chi connectivity index (χ4n) is 4.35. The molecular formula is C20H29ClN2O3S. The predicted octanol–water partition coefficient (Wildman–Crippen LogP) is 3.88. The third kappa shape index (κ3) is 4.49.